The van der Waals surface area contributed by atoms with Crippen molar-refractivity contribution in [1.82, 2.24) is 20.2 Å². The fourth-order valence-corrected chi connectivity index (χ4v) is 2.94. The number of aromatic nitrogens is 2. The molecule has 0 bridgehead atoms. The van der Waals surface area contributed by atoms with E-state index < -0.39 is 0 Å². The molecule has 0 aliphatic heterocycles. The Balaban J connectivity index is 1.67. The van der Waals surface area contributed by atoms with E-state index in [-0.39, 0.29) is 23.6 Å². The van der Waals surface area contributed by atoms with Gasteiger partial charge in [-0.2, -0.15) is 0 Å². The van der Waals surface area contributed by atoms with E-state index in [2.05, 4.69) is 15.3 Å². The molecule has 6 heteroatoms. The van der Waals surface area contributed by atoms with Gasteiger partial charge in [0, 0.05) is 0 Å². The maximum Gasteiger partial charge on any atom is 0.258 e. The van der Waals surface area contributed by atoms with E-state index in [1.54, 1.807) is 6.07 Å². The number of fused-ring (bicyclic) bond motifs is 1. The number of hydrogen-bond acceptors (Lipinski definition) is 4. The fraction of sp³-hybridized carbons (Fsp3) is 0.286. The maximum atomic E-state index is 12.6. The summed E-state index contributed by atoms with van der Waals surface area (Å²) >= 11 is 0. The first-order valence-electron chi connectivity index (χ1n) is 8.99. The average molecular weight is 364 g/mol. The van der Waals surface area contributed by atoms with Crippen molar-refractivity contribution >= 4 is 16.8 Å². The molecule has 0 aliphatic carbocycles. The predicted octanol–water partition coefficient (Wildman–Crippen LogP) is 2.62. The molecule has 0 fully saturated rings. The Morgan fingerprint density at radius 3 is 2.52 bits per heavy atom. The molecule has 0 spiro atoms. The molecule has 1 aromatic heterocycles. The molecular formula is C21H24N4O2. The van der Waals surface area contributed by atoms with Crippen LogP contribution in [-0.2, 0) is 11.3 Å². The van der Waals surface area contributed by atoms with Crippen LogP contribution in [0.4, 0.5) is 0 Å². The maximum absolute atomic E-state index is 12.6. The van der Waals surface area contributed by atoms with Crippen LogP contribution < -0.4 is 10.9 Å². The highest BCUT2D eigenvalue weighted by molar-refractivity contribution is 5.81. The highest BCUT2D eigenvalue weighted by Gasteiger charge is 2.21. The number of benzene rings is 2. The van der Waals surface area contributed by atoms with Crippen molar-refractivity contribution in [3.8, 4) is 0 Å². The zero-order valence-corrected chi connectivity index (χ0v) is 15.8. The lowest BCUT2D eigenvalue weighted by Crippen LogP contribution is -2.44. The third-order valence-electron chi connectivity index (χ3n) is 4.76. The zero-order valence-electron chi connectivity index (χ0n) is 15.8. The minimum atomic E-state index is -0.368. The van der Waals surface area contributed by atoms with Gasteiger partial charge in [0.2, 0.25) is 5.91 Å². The van der Waals surface area contributed by atoms with E-state index in [1.165, 1.54) is 0 Å². The van der Waals surface area contributed by atoms with Gasteiger partial charge in [0.15, 0.2) is 0 Å². The van der Waals surface area contributed by atoms with E-state index >= 15 is 0 Å². The van der Waals surface area contributed by atoms with Gasteiger partial charge in [-0.25, -0.2) is 4.98 Å². The van der Waals surface area contributed by atoms with Crippen LogP contribution in [-0.4, -0.2) is 33.9 Å². The first-order valence-corrected chi connectivity index (χ1v) is 8.99. The Bertz CT molecular complexity index is 984. The van der Waals surface area contributed by atoms with Crippen LogP contribution in [0.25, 0.3) is 10.9 Å². The molecule has 0 unspecified atom stereocenters. The molecule has 6 nitrogen and oxygen atoms in total. The molecule has 0 saturated heterocycles. The number of hydrogen-bond donors (Lipinski definition) is 2. The van der Waals surface area contributed by atoms with Gasteiger partial charge in [-0.1, -0.05) is 42.5 Å². The second-order valence-electron chi connectivity index (χ2n) is 6.76. The molecule has 3 rings (SSSR count). The van der Waals surface area contributed by atoms with E-state index in [1.807, 2.05) is 74.3 Å². The standard InChI is InChI=1S/C21H24N4O2/c1-14(16-9-5-4-6-10-16)22-20(26)15(2)25(3)13-19-23-18-12-8-7-11-17(18)21(27)24-19/h4-12,14-15H,13H2,1-3H3,(H,22,26)(H,23,24,27)/t14-,15-/m1/s1. The molecule has 1 heterocycles. The van der Waals surface area contributed by atoms with Crippen molar-refractivity contribution in [1.29, 1.82) is 0 Å². The Morgan fingerprint density at radius 1 is 1.11 bits per heavy atom. The van der Waals surface area contributed by atoms with Gasteiger partial charge in [-0.05, 0) is 38.6 Å². The predicted molar refractivity (Wildman–Crippen MR) is 106 cm³/mol. The van der Waals surface area contributed by atoms with Crippen molar-refractivity contribution in [2.45, 2.75) is 32.5 Å². The lowest BCUT2D eigenvalue weighted by Gasteiger charge is -2.25. The Morgan fingerprint density at radius 2 is 1.78 bits per heavy atom. The molecule has 0 saturated carbocycles. The summed E-state index contributed by atoms with van der Waals surface area (Å²) in [4.78, 5) is 33.9. The minimum absolute atomic E-state index is 0.0722. The fourth-order valence-electron chi connectivity index (χ4n) is 2.94. The van der Waals surface area contributed by atoms with Crippen molar-refractivity contribution < 1.29 is 4.79 Å². The summed E-state index contributed by atoms with van der Waals surface area (Å²) in [6, 6.07) is 16.6. The highest BCUT2D eigenvalue weighted by atomic mass is 16.2. The van der Waals surface area contributed by atoms with E-state index in [4.69, 9.17) is 0 Å². The summed E-state index contributed by atoms with van der Waals surface area (Å²) in [6.07, 6.45) is 0. The largest absolute Gasteiger partial charge is 0.348 e. The van der Waals surface area contributed by atoms with Gasteiger partial charge in [-0.15, -0.1) is 0 Å². The first kappa shape index (κ1) is 18.8. The molecule has 1 amide bonds. The van der Waals surface area contributed by atoms with E-state index in [0.29, 0.717) is 23.3 Å². The van der Waals surface area contributed by atoms with E-state index in [9.17, 15) is 9.59 Å². The molecule has 140 valence electrons. The van der Waals surface area contributed by atoms with Gasteiger partial charge < -0.3 is 10.3 Å². The van der Waals surface area contributed by atoms with Crippen LogP contribution in [0, 0.1) is 0 Å². The van der Waals surface area contributed by atoms with Crippen LogP contribution in [0.2, 0.25) is 0 Å². The highest BCUT2D eigenvalue weighted by Crippen LogP contribution is 2.12. The normalized spacial score (nSPS) is 13.5. The van der Waals surface area contributed by atoms with Gasteiger partial charge in [0.25, 0.3) is 5.56 Å². The van der Waals surface area contributed by atoms with Gasteiger partial charge in [0.05, 0.1) is 29.5 Å². The van der Waals surface area contributed by atoms with Crippen LogP contribution in [0.3, 0.4) is 0 Å². The quantitative estimate of drug-likeness (QED) is 0.705. The summed E-state index contributed by atoms with van der Waals surface area (Å²) in [5.74, 6) is 0.467. The number of rotatable bonds is 6. The smallest absolute Gasteiger partial charge is 0.258 e. The summed E-state index contributed by atoms with van der Waals surface area (Å²) in [5.41, 5.74) is 1.54. The van der Waals surface area contributed by atoms with Gasteiger partial charge in [-0.3, -0.25) is 14.5 Å². The number of H-pyrrole nitrogens is 1. The summed E-state index contributed by atoms with van der Waals surface area (Å²) < 4.78 is 0. The molecule has 0 aliphatic rings. The second-order valence-corrected chi connectivity index (χ2v) is 6.76. The van der Waals surface area contributed by atoms with E-state index in [0.717, 1.165) is 5.56 Å². The Hall–Kier alpha value is -2.99. The number of carbonyl (C=O) groups excluding carboxylic acids is 1. The summed E-state index contributed by atoms with van der Waals surface area (Å²) in [5, 5.41) is 3.59. The van der Waals surface area contributed by atoms with Crippen LogP contribution in [0.5, 0.6) is 0 Å². The Labute approximate surface area is 158 Å². The molecular weight excluding hydrogens is 340 g/mol. The van der Waals surface area contributed by atoms with Crippen LogP contribution >= 0.6 is 0 Å². The Kier molecular flexibility index (Phi) is 5.66. The third kappa shape index (κ3) is 4.41. The lowest BCUT2D eigenvalue weighted by molar-refractivity contribution is -0.126. The number of likely N-dealkylation sites (N-methyl/N-ethyl adjacent to an activating group) is 1. The number of nitrogens with zero attached hydrogens (tertiary/aromatic N) is 2. The zero-order chi connectivity index (χ0) is 19.4. The summed E-state index contributed by atoms with van der Waals surface area (Å²) in [6.45, 7) is 4.17. The third-order valence-corrected chi connectivity index (χ3v) is 4.76. The van der Waals surface area contributed by atoms with Crippen LogP contribution in [0.15, 0.2) is 59.4 Å². The number of nitrogens with one attached hydrogen (secondary N) is 2. The number of para-hydroxylation sites is 1. The second kappa shape index (κ2) is 8.14. The SMILES string of the molecule is C[C@H](C(=O)N[C@H](C)c1ccccc1)N(C)Cc1nc2ccccc2c(=O)[nH]1. The number of aromatic amines is 1. The molecule has 2 N–H and O–H groups in total. The molecule has 27 heavy (non-hydrogen) atoms. The average Bonchev–Trinajstić information content (AvgIpc) is 2.68. The van der Waals surface area contributed by atoms with Crippen molar-refractivity contribution in [2.24, 2.45) is 0 Å². The van der Waals surface area contributed by atoms with Crippen LogP contribution in [0.1, 0.15) is 31.3 Å². The van der Waals surface area contributed by atoms with Gasteiger partial charge >= 0.3 is 0 Å². The van der Waals surface area contributed by atoms with Crippen molar-refractivity contribution in [2.75, 3.05) is 7.05 Å². The number of amides is 1. The molecule has 3 aromatic rings. The number of carbonyl (C=O) groups is 1. The van der Waals surface area contributed by atoms with Crippen molar-refractivity contribution in [3.63, 3.8) is 0 Å². The lowest BCUT2D eigenvalue weighted by atomic mass is 10.1. The monoisotopic (exact) mass is 364 g/mol. The summed E-state index contributed by atoms with van der Waals surface area (Å²) in [7, 11) is 1.84. The van der Waals surface area contributed by atoms with Crippen molar-refractivity contribution in [3.05, 3.63) is 76.3 Å². The van der Waals surface area contributed by atoms with Gasteiger partial charge in [0.1, 0.15) is 5.82 Å². The minimum Gasteiger partial charge on any atom is -0.348 e. The molecule has 0 radical (unpaired) electrons. The topological polar surface area (TPSA) is 78.1 Å². The first-order chi connectivity index (χ1) is 13.0. The molecule has 2 atom stereocenters. The molecule has 2 aromatic carbocycles.